The molecule has 4 rings (SSSR count). The van der Waals surface area contributed by atoms with Crippen LogP contribution in [-0.2, 0) is 4.74 Å². The Labute approximate surface area is 193 Å². The minimum Gasteiger partial charge on any atom is -0.462 e. The van der Waals surface area contributed by atoms with Crippen LogP contribution in [0, 0.1) is 13.8 Å². The summed E-state index contributed by atoms with van der Waals surface area (Å²) in [6.45, 7) is 6.04. The molecule has 2 aromatic heterocycles. The molecule has 0 bridgehead atoms. The molecule has 0 unspecified atom stereocenters. The number of aryl methyl sites for hydroxylation is 2. The molecule has 0 aliphatic carbocycles. The number of nitrogens with one attached hydrogen (secondary N) is 1. The molecule has 2 heterocycles. The maximum Gasteiger partial charge on any atom is 0.341 e. The fourth-order valence-electron chi connectivity index (χ4n) is 3.49. The van der Waals surface area contributed by atoms with E-state index in [-0.39, 0.29) is 12.5 Å². The Morgan fingerprint density at radius 3 is 2.58 bits per heavy atom. The molecular formula is C24H20ClNO3S2. The van der Waals surface area contributed by atoms with E-state index in [1.807, 2.05) is 55.6 Å². The number of fused-ring (bicyclic) bond motifs is 1. The average Bonchev–Trinajstić information content (AvgIpc) is 3.30. The SMILES string of the molecule is CCOC(=O)c1c(-c2ccc(C)cc2C)csc1NC(=O)c1sc2ccccc2c1Cl. The Morgan fingerprint density at radius 1 is 1.10 bits per heavy atom. The van der Waals surface area contributed by atoms with Crippen LogP contribution in [0.2, 0.25) is 5.02 Å². The van der Waals surface area contributed by atoms with Crippen LogP contribution in [0.5, 0.6) is 0 Å². The number of carbonyl (C=O) groups is 2. The summed E-state index contributed by atoms with van der Waals surface area (Å²) < 4.78 is 6.24. The quantitative estimate of drug-likeness (QED) is 0.311. The van der Waals surface area contributed by atoms with Gasteiger partial charge in [-0.15, -0.1) is 22.7 Å². The third-order valence-corrected chi connectivity index (χ3v) is 7.48. The van der Waals surface area contributed by atoms with Crippen molar-refractivity contribution >= 4 is 61.2 Å². The molecule has 7 heteroatoms. The molecule has 0 saturated heterocycles. The molecule has 0 atom stereocenters. The van der Waals surface area contributed by atoms with Crippen LogP contribution in [-0.4, -0.2) is 18.5 Å². The van der Waals surface area contributed by atoms with Crippen molar-refractivity contribution in [1.82, 2.24) is 0 Å². The lowest BCUT2D eigenvalue weighted by Gasteiger charge is -2.10. The normalized spacial score (nSPS) is 11.0. The van der Waals surface area contributed by atoms with Gasteiger partial charge in [0.05, 0.1) is 11.6 Å². The highest BCUT2D eigenvalue weighted by Crippen LogP contribution is 2.40. The summed E-state index contributed by atoms with van der Waals surface area (Å²) in [6.07, 6.45) is 0. The molecule has 4 aromatic rings. The third kappa shape index (κ3) is 4.11. The lowest BCUT2D eigenvalue weighted by atomic mass is 9.97. The fraction of sp³-hybridized carbons (Fsp3) is 0.167. The summed E-state index contributed by atoms with van der Waals surface area (Å²) in [5.74, 6) is -0.803. The van der Waals surface area contributed by atoms with Crippen molar-refractivity contribution in [2.45, 2.75) is 20.8 Å². The van der Waals surface area contributed by atoms with Gasteiger partial charge in [0.25, 0.3) is 5.91 Å². The van der Waals surface area contributed by atoms with E-state index in [2.05, 4.69) is 11.4 Å². The number of esters is 1. The monoisotopic (exact) mass is 469 g/mol. The van der Waals surface area contributed by atoms with Gasteiger partial charge in [0.15, 0.2) is 0 Å². The Kier molecular flexibility index (Phi) is 6.14. The first kappa shape index (κ1) is 21.6. The molecule has 0 saturated carbocycles. The van der Waals surface area contributed by atoms with Crippen LogP contribution in [0.15, 0.2) is 47.8 Å². The number of benzene rings is 2. The Hall–Kier alpha value is -2.67. The van der Waals surface area contributed by atoms with Gasteiger partial charge in [0, 0.05) is 21.0 Å². The van der Waals surface area contributed by atoms with E-state index in [1.54, 1.807) is 6.92 Å². The second-order valence-corrected chi connectivity index (χ2v) is 9.40. The molecule has 31 heavy (non-hydrogen) atoms. The molecular weight excluding hydrogens is 450 g/mol. The molecule has 0 aliphatic heterocycles. The van der Waals surface area contributed by atoms with E-state index in [0.717, 1.165) is 32.3 Å². The van der Waals surface area contributed by atoms with Gasteiger partial charge in [-0.05, 0) is 38.0 Å². The Morgan fingerprint density at radius 2 is 1.87 bits per heavy atom. The minimum atomic E-state index is -0.462. The molecule has 1 N–H and O–H groups in total. The predicted octanol–water partition coefficient (Wildman–Crippen LogP) is 7.33. The topological polar surface area (TPSA) is 55.4 Å². The maximum atomic E-state index is 13.1. The van der Waals surface area contributed by atoms with Crippen LogP contribution in [0.4, 0.5) is 5.00 Å². The van der Waals surface area contributed by atoms with Crippen molar-refractivity contribution in [3.05, 3.63) is 74.4 Å². The van der Waals surface area contributed by atoms with E-state index in [0.29, 0.717) is 20.5 Å². The van der Waals surface area contributed by atoms with Crippen LogP contribution < -0.4 is 5.32 Å². The van der Waals surface area contributed by atoms with Gasteiger partial charge in [-0.3, -0.25) is 4.79 Å². The predicted molar refractivity (Wildman–Crippen MR) is 130 cm³/mol. The van der Waals surface area contributed by atoms with Crippen molar-refractivity contribution in [2.75, 3.05) is 11.9 Å². The van der Waals surface area contributed by atoms with Crippen molar-refractivity contribution in [2.24, 2.45) is 0 Å². The van der Waals surface area contributed by atoms with Crippen LogP contribution in [0.3, 0.4) is 0 Å². The maximum absolute atomic E-state index is 13.1. The lowest BCUT2D eigenvalue weighted by molar-refractivity contribution is 0.0529. The second kappa shape index (κ2) is 8.83. The van der Waals surface area contributed by atoms with Crippen molar-refractivity contribution < 1.29 is 14.3 Å². The zero-order valence-electron chi connectivity index (χ0n) is 17.2. The number of anilines is 1. The molecule has 4 nitrogen and oxygen atoms in total. The van der Waals surface area contributed by atoms with Gasteiger partial charge in [0.1, 0.15) is 15.4 Å². The molecule has 0 fully saturated rings. The summed E-state index contributed by atoms with van der Waals surface area (Å²) in [5, 5.41) is 6.48. The van der Waals surface area contributed by atoms with Gasteiger partial charge in [0.2, 0.25) is 0 Å². The smallest absolute Gasteiger partial charge is 0.341 e. The molecule has 0 radical (unpaired) electrons. The van der Waals surface area contributed by atoms with Crippen LogP contribution in [0.1, 0.15) is 38.1 Å². The third-order valence-electron chi connectivity index (χ3n) is 4.91. The van der Waals surface area contributed by atoms with Gasteiger partial charge in [-0.1, -0.05) is 53.6 Å². The second-order valence-electron chi connectivity index (χ2n) is 7.09. The average molecular weight is 470 g/mol. The Bertz CT molecular complexity index is 1310. The molecule has 2 aromatic carbocycles. The highest BCUT2D eigenvalue weighted by Gasteiger charge is 2.25. The summed E-state index contributed by atoms with van der Waals surface area (Å²) in [4.78, 5) is 26.3. The molecule has 1 amide bonds. The summed E-state index contributed by atoms with van der Waals surface area (Å²) in [6, 6.07) is 13.7. The van der Waals surface area contributed by atoms with E-state index < -0.39 is 5.97 Å². The standard InChI is InChI=1S/C24H20ClNO3S2/c1-4-29-24(28)19-17(15-10-9-13(2)11-14(15)3)12-30-23(19)26-22(27)21-20(25)16-7-5-6-8-18(16)31-21/h5-12H,4H2,1-3H3,(H,26,27). The first-order valence-corrected chi connectivity index (χ1v) is 11.8. The first-order chi connectivity index (χ1) is 14.9. The Balaban J connectivity index is 1.75. The number of carbonyl (C=O) groups excluding carboxylic acids is 2. The zero-order chi connectivity index (χ0) is 22.1. The first-order valence-electron chi connectivity index (χ1n) is 9.75. The van der Waals surface area contributed by atoms with Gasteiger partial charge < -0.3 is 10.1 Å². The van der Waals surface area contributed by atoms with Crippen molar-refractivity contribution in [3.8, 4) is 11.1 Å². The number of hydrogen-bond donors (Lipinski definition) is 1. The number of halogens is 1. The molecule has 0 spiro atoms. The summed E-state index contributed by atoms with van der Waals surface area (Å²) >= 11 is 9.10. The number of hydrogen-bond acceptors (Lipinski definition) is 5. The number of rotatable bonds is 5. The van der Waals surface area contributed by atoms with Gasteiger partial charge in [-0.25, -0.2) is 4.79 Å². The fourth-order valence-corrected chi connectivity index (χ4v) is 5.85. The summed E-state index contributed by atoms with van der Waals surface area (Å²) in [5.41, 5.74) is 4.24. The van der Waals surface area contributed by atoms with Crippen LogP contribution >= 0.6 is 34.3 Å². The van der Waals surface area contributed by atoms with Crippen LogP contribution in [0.25, 0.3) is 21.2 Å². The number of amides is 1. The van der Waals surface area contributed by atoms with E-state index in [1.165, 1.54) is 22.7 Å². The van der Waals surface area contributed by atoms with Crippen molar-refractivity contribution in [1.29, 1.82) is 0 Å². The number of ether oxygens (including phenoxy) is 1. The largest absolute Gasteiger partial charge is 0.462 e. The van der Waals surface area contributed by atoms with E-state index in [4.69, 9.17) is 16.3 Å². The van der Waals surface area contributed by atoms with Gasteiger partial charge >= 0.3 is 5.97 Å². The summed E-state index contributed by atoms with van der Waals surface area (Å²) in [7, 11) is 0. The van der Waals surface area contributed by atoms with Crippen molar-refractivity contribution in [3.63, 3.8) is 0 Å². The van der Waals surface area contributed by atoms with E-state index >= 15 is 0 Å². The minimum absolute atomic E-state index is 0.247. The zero-order valence-corrected chi connectivity index (χ0v) is 19.6. The number of thiophene rings is 2. The van der Waals surface area contributed by atoms with Gasteiger partial charge in [-0.2, -0.15) is 0 Å². The highest BCUT2D eigenvalue weighted by molar-refractivity contribution is 7.22. The molecule has 0 aliphatic rings. The van der Waals surface area contributed by atoms with E-state index in [9.17, 15) is 9.59 Å². The molecule has 158 valence electrons. The highest BCUT2D eigenvalue weighted by atomic mass is 35.5. The lowest BCUT2D eigenvalue weighted by Crippen LogP contribution is -2.14.